The number of benzene rings is 2. The minimum absolute atomic E-state index is 0.404. The van der Waals surface area contributed by atoms with Gasteiger partial charge in [-0.2, -0.15) is 0 Å². The van der Waals surface area contributed by atoms with Crippen LogP contribution in [0.4, 0.5) is 0 Å². The minimum atomic E-state index is 0.404. The van der Waals surface area contributed by atoms with Gasteiger partial charge in [-0.3, -0.25) is 0 Å². The predicted octanol–water partition coefficient (Wildman–Crippen LogP) is 2.63. The minimum Gasteiger partial charge on any atom is -0.526 e. The van der Waals surface area contributed by atoms with Crippen molar-refractivity contribution in [1.29, 1.82) is 0 Å². The molecule has 0 unspecified atom stereocenters. The second-order valence-corrected chi connectivity index (χ2v) is 4.29. The molecule has 4 heteroatoms. The Morgan fingerprint density at radius 1 is 0.789 bits per heavy atom. The Balaban J connectivity index is 2.13. The zero-order valence-electron chi connectivity index (χ0n) is 11.0. The molecule has 19 heavy (non-hydrogen) atoms. The van der Waals surface area contributed by atoms with Gasteiger partial charge in [0.1, 0.15) is 11.5 Å². The number of allylic oxidation sites excluding steroid dienone is 1. The Kier molecular flexibility index (Phi) is 4.64. The van der Waals surface area contributed by atoms with E-state index in [0.29, 0.717) is 22.2 Å². The van der Waals surface area contributed by atoms with E-state index in [9.17, 15) is 0 Å². The van der Waals surface area contributed by atoms with Crippen LogP contribution in [0.5, 0.6) is 11.5 Å². The summed E-state index contributed by atoms with van der Waals surface area (Å²) in [5.74, 6) is 2.49. The van der Waals surface area contributed by atoms with Gasteiger partial charge >= 0.3 is 5.95 Å². The summed E-state index contributed by atoms with van der Waals surface area (Å²) in [6.07, 6.45) is 0. The van der Waals surface area contributed by atoms with Crippen molar-refractivity contribution in [3.8, 4) is 11.5 Å². The first kappa shape index (κ1) is 13.2. The van der Waals surface area contributed by atoms with E-state index in [1.54, 1.807) is 0 Å². The summed E-state index contributed by atoms with van der Waals surface area (Å²) in [7, 11) is 0.535. The molecule has 0 bridgehead atoms. The van der Waals surface area contributed by atoms with Crippen molar-refractivity contribution in [3.63, 3.8) is 0 Å². The highest BCUT2D eigenvalue weighted by Gasteiger charge is 2.07. The lowest BCUT2D eigenvalue weighted by Crippen LogP contribution is -2.06. The van der Waals surface area contributed by atoms with Crippen molar-refractivity contribution >= 4 is 10.5 Å². The summed E-state index contributed by atoms with van der Waals surface area (Å²) in [6, 6.07) is 19.0. The summed E-state index contributed by atoms with van der Waals surface area (Å²) in [5.41, 5.74) is 0. The molecule has 0 saturated heterocycles. The van der Waals surface area contributed by atoms with E-state index in [4.69, 9.17) is 13.9 Å². The van der Waals surface area contributed by atoms with Crippen molar-refractivity contribution in [1.82, 2.24) is 0 Å². The van der Waals surface area contributed by atoms with E-state index in [1.807, 2.05) is 67.6 Å². The predicted molar refractivity (Wildman–Crippen MR) is 77.9 cm³/mol. The van der Waals surface area contributed by atoms with Crippen LogP contribution in [0.2, 0.25) is 0 Å². The third-order valence-electron chi connectivity index (χ3n) is 2.44. The molecule has 3 nitrogen and oxygen atoms in total. The Morgan fingerprint density at radius 3 is 1.74 bits per heavy atom. The summed E-state index contributed by atoms with van der Waals surface area (Å²) in [6.45, 7) is 1.82. The molecule has 0 aliphatic rings. The molecule has 0 amide bonds. The lowest BCUT2D eigenvalue weighted by molar-refractivity contribution is 0.207. The van der Waals surface area contributed by atoms with Crippen LogP contribution in [-0.2, 0) is 4.43 Å². The van der Waals surface area contributed by atoms with Crippen LogP contribution in [0, 0.1) is 0 Å². The van der Waals surface area contributed by atoms with E-state index in [2.05, 4.69) is 0 Å². The maximum Gasteiger partial charge on any atom is 0.310 e. The Labute approximate surface area is 116 Å². The molecule has 98 valence electrons. The molecule has 0 saturated carbocycles. The fourth-order valence-electron chi connectivity index (χ4n) is 1.56. The lowest BCUT2D eigenvalue weighted by atomic mass is 10.3. The number of ether oxygens (including phenoxy) is 2. The molecule has 0 heterocycles. The smallest absolute Gasteiger partial charge is 0.310 e. The number of rotatable bonds is 5. The maximum absolute atomic E-state index is 5.69. The second kappa shape index (κ2) is 6.66. The second-order valence-electron chi connectivity index (χ2n) is 3.88. The molecule has 0 radical (unpaired) electrons. The van der Waals surface area contributed by atoms with Crippen molar-refractivity contribution in [3.05, 3.63) is 72.4 Å². The van der Waals surface area contributed by atoms with Gasteiger partial charge in [-0.05, 0) is 24.3 Å². The molecule has 0 atom stereocenters. The van der Waals surface area contributed by atoms with Gasteiger partial charge in [0.15, 0.2) is 5.76 Å². The van der Waals surface area contributed by atoms with Gasteiger partial charge in [0.05, 0.1) is 0 Å². The highest BCUT2D eigenvalue weighted by molar-refractivity contribution is 5.98. The van der Waals surface area contributed by atoms with Crippen LogP contribution < -0.4 is 9.47 Å². The first-order valence-electron chi connectivity index (χ1n) is 6.00. The lowest BCUT2D eigenvalue weighted by Gasteiger charge is -2.13. The van der Waals surface area contributed by atoms with E-state index >= 15 is 0 Å². The summed E-state index contributed by atoms with van der Waals surface area (Å²) in [5, 5.41) is 0. The molecule has 0 aromatic heterocycles. The van der Waals surface area contributed by atoms with E-state index in [1.165, 1.54) is 0 Å². The van der Waals surface area contributed by atoms with Crippen molar-refractivity contribution < 1.29 is 13.9 Å². The fourth-order valence-corrected chi connectivity index (χ4v) is 1.93. The Bertz CT molecular complexity index is 538. The van der Waals surface area contributed by atoms with Crippen LogP contribution in [0.25, 0.3) is 0 Å². The average molecular weight is 272 g/mol. The van der Waals surface area contributed by atoms with Gasteiger partial charge in [0.25, 0.3) is 0 Å². The third kappa shape index (κ3) is 3.89. The first-order valence-corrected chi connectivity index (χ1v) is 6.82. The van der Waals surface area contributed by atoms with Crippen LogP contribution in [0.1, 0.15) is 6.92 Å². The molecule has 2 aromatic rings. The number of hydrogen-bond acceptors (Lipinski definition) is 3. The van der Waals surface area contributed by atoms with Gasteiger partial charge in [0, 0.05) is 6.92 Å². The topological polar surface area (TPSA) is 27.7 Å². The van der Waals surface area contributed by atoms with Crippen LogP contribution >= 0.6 is 0 Å². The molecule has 0 aliphatic carbocycles. The molecule has 0 aliphatic heterocycles. The summed E-state index contributed by atoms with van der Waals surface area (Å²) < 4.78 is 16.7. The maximum atomic E-state index is 5.69. The van der Waals surface area contributed by atoms with E-state index < -0.39 is 0 Å². The number of para-hydroxylation sites is 2. The highest BCUT2D eigenvalue weighted by Crippen LogP contribution is 2.18. The van der Waals surface area contributed by atoms with Gasteiger partial charge in [-0.1, -0.05) is 36.4 Å². The molecule has 2 rings (SSSR count). The first-order chi connectivity index (χ1) is 9.29. The molecular weight excluding hydrogens is 256 g/mol. The fraction of sp³-hybridized carbons (Fsp3) is 0.0667. The van der Waals surface area contributed by atoms with Gasteiger partial charge in [-0.25, -0.2) is 0 Å². The quantitative estimate of drug-likeness (QED) is 0.618. The van der Waals surface area contributed by atoms with Crippen molar-refractivity contribution in [2.45, 2.75) is 6.92 Å². The zero-order chi connectivity index (χ0) is 13.5. The van der Waals surface area contributed by atoms with Crippen LogP contribution in [-0.4, -0.2) is 10.5 Å². The Hall–Kier alpha value is -2.20. The van der Waals surface area contributed by atoms with Crippen molar-refractivity contribution in [2.75, 3.05) is 0 Å². The molecular formula is C15H16O3Si. The molecule has 0 N–H and O–H groups in total. The summed E-state index contributed by atoms with van der Waals surface area (Å²) in [4.78, 5) is 0. The standard InChI is InChI=1S/C15H16O3Si/c1-12(16-13-8-4-2-5-9-13)15(18-19)17-14-10-6-3-7-11-14/h2-11H,1,19H3. The molecule has 0 spiro atoms. The highest BCUT2D eigenvalue weighted by atomic mass is 28.2. The van der Waals surface area contributed by atoms with Gasteiger partial charge < -0.3 is 13.9 Å². The summed E-state index contributed by atoms with van der Waals surface area (Å²) >= 11 is 0. The average Bonchev–Trinajstić information content (AvgIpc) is 2.47. The molecule has 2 aromatic carbocycles. The number of hydrogen-bond donors (Lipinski definition) is 0. The van der Waals surface area contributed by atoms with Crippen LogP contribution in [0.3, 0.4) is 0 Å². The van der Waals surface area contributed by atoms with E-state index in [0.717, 1.165) is 11.5 Å². The van der Waals surface area contributed by atoms with E-state index in [-0.39, 0.29) is 0 Å². The SMILES string of the molecule is CC(Oc1ccccc1)=C(O[SiH3])Oc1ccccc1. The zero-order valence-corrected chi connectivity index (χ0v) is 13.0. The monoisotopic (exact) mass is 272 g/mol. The van der Waals surface area contributed by atoms with Crippen molar-refractivity contribution in [2.24, 2.45) is 0 Å². The van der Waals surface area contributed by atoms with Crippen LogP contribution in [0.15, 0.2) is 72.4 Å². The van der Waals surface area contributed by atoms with Gasteiger partial charge in [-0.15, -0.1) is 0 Å². The third-order valence-corrected chi connectivity index (χ3v) is 2.81. The Morgan fingerprint density at radius 2 is 1.26 bits per heavy atom. The van der Waals surface area contributed by atoms with Gasteiger partial charge in [0.2, 0.25) is 10.5 Å². The molecule has 0 fully saturated rings. The normalized spacial score (nSPS) is 11.6. The largest absolute Gasteiger partial charge is 0.526 e.